The van der Waals surface area contributed by atoms with Gasteiger partial charge in [0.25, 0.3) is 5.91 Å². The fraction of sp³-hybridized carbons (Fsp3) is 0.235. The van der Waals surface area contributed by atoms with Gasteiger partial charge in [0.05, 0.1) is 0 Å². The number of rotatable bonds is 5. The van der Waals surface area contributed by atoms with Gasteiger partial charge in [-0.05, 0) is 43.0 Å². The molecule has 130 valence electrons. The summed E-state index contributed by atoms with van der Waals surface area (Å²) in [6, 6.07) is 7.39. The highest BCUT2D eigenvalue weighted by Gasteiger charge is 2.24. The van der Waals surface area contributed by atoms with Crippen LogP contribution in [0.25, 0.3) is 10.1 Å². The fourth-order valence-electron chi connectivity index (χ4n) is 2.26. The average Bonchev–Trinajstić information content (AvgIpc) is 3.17. The van der Waals surface area contributed by atoms with Gasteiger partial charge >= 0.3 is 5.97 Å². The van der Waals surface area contributed by atoms with Gasteiger partial charge in [0, 0.05) is 10.8 Å². The third-order valence-corrected chi connectivity index (χ3v) is 4.57. The van der Waals surface area contributed by atoms with Crippen LogP contribution in [0.2, 0.25) is 0 Å². The molecule has 0 fully saturated rings. The quantitative estimate of drug-likeness (QED) is 0.696. The molecule has 0 saturated carbocycles. The first kappa shape index (κ1) is 17.1. The summed E-state index contributed by atoms with van der Waals surface area (Å²) >= 11 is 1.19. The minimum Gasteiger partial charge on any atom is -0.448 e. The average molecular weight is 362 g/mol. The first-order valence-electron chi connectivity index (χ1n) is 7.60. The molecule has 0 bridgehead atoms. The zero-order chi connectivity index (χ0) is 18.0. The van der Waals surface area contributed by atoms with Gasteiger partial charge in [0.1, 0.15) is 16.5 Å². The van der Waals surface area contributed by atoms with Crippen molar-refractivity contribution in [1.29, 1.82) is 0 Å². The summed E-state index contributed by atoms with van der Waals surface area (Å²) in [5, 5.41) is 6.82. The van der Waals surface area contributed by atoms with Crippen molar-refractivity contribution >= 4 is 39.1 Å². The third-order valence-electron chi connectivity index (χ3n) is 3.47. The minimum absolute atomic E-state index is 0.259. The Balaban J connectivity index is 1.71. The Hall–Kier alpha value is -2.74. The Labute approximate surface area is 146 Å². The maximum absolute atomic E-state index is 13.2. The van der Waals surface area contributed by atoms with E-state index >= 15 is 0 Å². The van der Waals surface area contributed by atoms with E-state index in [1.165, 1.54) is 23.5 Å². The van der Waals surface area contributed by atoms with Crippen molar-refractivity contribution in [2.24, 2.45) is 0 Å². The lowest BCUT2D eigenvalue weighted by Gasteiger charge is -2.14. The second kappa shape index (κ2) is 7.02. The Bertz CT molecular complexity index is 934. The van der Waals surface area contributed by atoms with Crippen LogP contribution in [-0.2, 0) is 9.53 Å². The highest BCUT2D eigenvalue weighted by atomic mass is 32.1. The lowest BCUT2D eigenvalue weighted by Crippen LogP contribution is -2.32. The molecule has 0 saturated heterocycles. The van der Waals surface area contributed by atoms with E-state index in [0.29, 0.717) is 22.4 Å². The van der Waals surface area contributed by atoms with E-state index in [1.54, 1.807) is 32.0 Å². The molecule has 1 amide bonds. The number of nitrogens with zero attached hydrogens (tertiary/aromatic N) is 1. The molecule has 2 aromatic heterocycles. The number of aryl methyl sites for hydroxylation is 1. The summed E-state index contributed by atoms with van der Waals surface area (Å²) in [4.78, 5) is 24.8. The molecular weight excluding hydrogens is 347 g/mol. The topological polar surface area (TPSA) is 81.4 Å². The molecule has 6 nitrogen and oxygen atoms in total. The number of carbonyl (C=O) groups excluding carboxylic acids is 2. The molecule has 3 rings (SSSR count). The number of anilines is 1. The summed E-state index contributed by atoms with van der Waals surface area (Å²) in [5.74, 6) is -0.678. The number of thiophene rings is 1. The van der Waals surface area contributed by atoms with Crippen LogP contribution in [0.1, 0.15) is 28.8 Å². The third kappa shape index (κ3) is 3.85. The Morgan fingerprint density at radius 2 is 2.16 bits per heavy atom. The number of nitrogens with one attached hydrogen (secondary N) is 1. The number of aromatic nitrogens is 1. The lowest BCUT2D eigenvalue weighted by molar-refractivity contribution is -0.124. The van der Waals surface area contributed by atoms with Crippen molar-refractivity contribution in [3.8, 4) is 0 Å². The summed E-state index contributed by atoms with van der Waals surface area (Å²) in [6.07, 6.45) is -0.667. The van der Waals surface area contributed by atoms with E-state index in [2.05, 4.69) is 10.5 Å². The monoisotopic (exact) mass is 362 g/mol. The van der Waals surface area contributed by atoms with Gasteiger partial charge in [-0.15, -0.1) is 11.3 Å². The molecule has 0 aliphatic carbocycles. The van der Waals surface area contributed by atoms with Crippen molar-refractivity contribution in [3.05, 3.63) is 46.8 Å². The van der Waals surface area contributed by atoms with Crippen LogP contribution < -0.4 is 5.32 Å². The smallest absolute Gasteiger partial charge is 0.349 e. The molecule has 1 N–H and O–H groups in total. The number of esters is 1. The summed E-state index contributed by atoms with van der Waals surface area (Å²) < 4.78 is 24.2. The van der Waals surface area contributed by atoms with Crippen LogP contribution >= 0.6 is 11.3 Å². The van der Waals surface area contributed by atoms with Gasteiger partial charge in [-0.2, -0.15) is 0 Å². The molecule has 0 radical (unpaired) electrons. The number of ether oxygens (including phenoxy) is 1. The Kier molecular flexibility index (Phi) is 4.80. The molecule has 0 aliphatic heterocycles. The van der Waals surface area contributed by atoms with Crippen molar-refractivity contribution in [3.63, 3.8) is 0 Å². The van der Waals surface area contributed by atoms with E-state index < -0.39 is 18.0 Å². The van der Waals surface area contributed by atoms with E-state index in [4.69, 9.17) is 9.26 Å². The molecule has 25 heavy (non-hydrogen) atoms. The van der Waals surface area contributed by atoms with E-state index in [0.717, 1.165) is 4.70 Å². The number of carbonyl (C=O) groups is 2. The Morgan fingerprint density at radius 1 is 1.36 bits per heavy atom. The number of amides is 1. The molecule has 0 aliphatic rings. The number of fused-ring (bicyclic) bond motifs is 1. The predicted octanol–water partition coefficient (Wildman–Crippen LogP) is 3.91. The van der Waals surface area contributed by atoms with E-state index in [-0.39, 0.29) is 11.6 Å². The maximum Gasteiger partial charge on any atom is 0.349 e. The normalized spacial score (nSPS) is 12.1. The molecule has 3 aromatic rings. The van der Waals surface area contributed by atoms with Crippen molar-refractivity contribution in [2.45, 2.75) is 26.4 Å². The number of hydrogen-bond acceptors (Lipinski definition) is 6. The van der Waals surface area contributed by atoms with E-state index in [9.17, 15) is 14.0 Å². The number of benzene rings is 1. The summed E-state index contributed by atoms with van der Waals surface area (Å²) in [6.45, 7) is 3.43. The molecule has 1 aromatic carbocycles. The van der Waals surface area contributed by atoms with Gasteiger partial charge in [0.2, 0.25) is 0 Å². The van der Waals surface area contributed by atoms with Gasteiger partial charge in [-0.25, -0.2) is 9.18 Å². The molecule has 0 spiro atoms. The van der Waals surface area contributed by atoms with Gasteiger partial charge in [-0.1, -0.05) is 12.1 Å². The zero-order valence-corrected chi connectivity index (χ0v) is 14.4. The maximum atomic E-state index is 13.2. The van der Waals surface area contributed by atoms with Crippen LogP contribution in [0.4, 0.5) is 10.2 Å². The first-order chi connectivity index (χ1) is 12.0. The van der Waals surface area contributed by atoms with Crippen molar-refractivity contribution < 1.29 is 23.2 Å². The van der Waals surface area contributed by atoms with Crippen LogP contribution in [-0.4, -0.2) is 23.1 Å². The van der Waals surface area contributed by atoms with Crippen LogP contribution in [0.3, 0.4) is 0 Å². The van der Waals surface area contributed by atoms with E-state index in [1.807, 2.05) is 0 Å². The number of hydrogen-bond donors (Lipinski definition) is 1. The summed E-state index contributed by atoms with van der Waals surface area (Å²) in [5.41, 5.74) is 0. The minimum atomic E-state index is -0.966. The lowest BCUT2D eigenvalue weighted by atomic mass is 10.2. The van der Waals surface area contributed by atoms with Gasteiger partial charge in [0.15, 0.2) is 11.9 Å². The van der Waals surface area contributed by atoms with Crippen LogP contribution in [0.15, 0.2) is 34.9 Å². The molecule has 8 heteroatoms. The molecule has 2 heterocycles. The number of halogens is 1. The Morgan fingerprint density at radius 3 is 2.84 bits per heavy atom. The molecule has 1 atom stereocenters. The highest BCUT2D eigenvalue weighted by molar-refractivity contribution is 7.20. The fourth-order valence-corrected chi connectivity index (χ4v) is 3.18. The molecular formula is C17H15FN2O4S. The van der Waals surface area contributed by atoms with Crippen LogP contribution in [0.5, 0.6) is 0 Å². The summed E-state index contributed by atoms with van der Waals surface area (Å²) in [7, 11) is 0. The standard InChI is InChI=1S/C17H15FN2O4S/c1-3-12(16(21)19-15-6-9(2)24-20-15)23-17(22)14-8-10-7-11(18)4-5-13(10)25-14/h4-8,12H,3H2,1-2H3,(H,19,20,21). The predicted molar refractivity (Wildman–Crippen MR) is 91.1 cm³/mol. The first-order valence-corrected chi connectivity index (χ1v) is 8.42. The second-order valence-electron chi connectivity index (χ2n) is 5.41. The molecule has 1 unspecified atom stereocenters. The SMILES string of the molecule is CCC(OC(=O)c1cc2cc(F)ccc2s1)C(=O)Nc1cc(C)on1. The zero-order valence-electron chi connectivity index (χ0n) is 13.5. The van der Waals surface area contributed by atoms with Crippen molar-refractivity contribution in [1.82, 2.24) is 5.16 Å². The van der Waals surface area contributed by atoms with Gasteiger partial charge < -0.3 is 14.6 Å². The highest BCUT2D eigenvalue weighted by Crippen LogP contribution is 2.27. The van der Waals surface area contributed by atoms with Gasteiger partial charge in [-0.3, -0.25) is 4.79 Å². The second-order valence-corrected chi connectivity index (χ2v) is 6.49. The van der Waals surface area contributed by atoms with Crippen molar-refractivity contribution in [2.75, 3.05) is 5.32 Å². The van der Waals surface area contributed by atoms with Crippen LogP contribution in [0, 0.1) is 12.7 Å². The largest absolute Gasteiger partial charge is 0.448 e.